The smallest absolute Gasteiger partial charge is 0.333 e. The average molecular weight is 375 g/mol. The zero-order chi connectivity index (χ0) is 18.3. The topological polar surface area (TPSA) is 57.8 Å². The first-order valence-corrected chi connectivity index (χ1v) is 9.05. The summed E-state index contributed by atoms with van der Waals surface area (Å²) in [6.45, 7) is -2.49. The van der Waals surface area contributed by atoms with E-state index in [0.717, 1.165) is 5.56 Å². The third-order valence-corrected chi connectivity index (χ3v) is 4.66. The molecule has 134 valence electrons. The molecule has 9 heteroatoms. The van der Waals surface area contributed by atoms with Gasteiger partial charge in [0.1, 0.15) is 17.5 Å². The summed E-state index contributed by atoms with van der Waals surface area (Å²) >= 11 is 1.37. The van der Waals surface area contributed by atoms with E-state index in [1.54, 1.807) is 11.6 Å². The molecule has 4 rings (SSSR count). The van der Waals surface area contributed by atoms with Gasteiger partial charge in [-0.25, -0.2) is 9.67 Å². The van der Waals surface area contributed by atoms with Crippen LogP contribution in [0.5, 0.6) is 5.88 Å². The zero-order valence-electron chi connectivity index (χ0n) is 14.1. The number of rotatable bonds is 5. The summed E-state index contributed by atoms with van der Waals surface area (Å²) in [6, 6.07) is 9.60. The van der Waals surface area contributed by atoms with E-state index in [1.807, 2.05) is 36.6 Å². The van der Waals surface area contributed by atoms with Gasteiger partial charge in [-0.3, -0.25) is 0 Å². The quantitative estimate of drug-likeness (QED) is 0.390. The second kappa shape index (κ2) is 6.56. The van der Waals surface area contributed by atoms with Crippen molar-refractivity contribution in [3.05, 3.63) is 42.1 Å². The van der Waals surface area contributed by atoms with E-state index in [9.17, 15) is 8.78 Å². The molecule has 0 unspecified atom stereocenters. The van der Waals surface area contributed by atoms with Crippen molar-refractivity contribution in [1.82, 2.24) is 24.3 Å². The molecule has 1 aromatic carbocycles. The van der Waals surface area contributed by atoms with Crippen LogP contribution in [0.4, 0.5) is 8.78 Å². The summed E-state index contributed by atoms with van der Waals surface area (Å²) < 4.78 is 35.1. The number of alkyl halides is 2. The van der Waals surface area contributed by atoms with E-state index < -0.39 is 6.55 Å². The Morgan fingerprint density at radius 3 is 2.65 bits per heavy atom. The van der Waals surface area contributed by atoms with Gasteiger partial charge in [-0.1, -0.05) is 42.1 Å². The first-order valence-electron chi connectivity index (χ1n) is 7.82. The molecule has 0 fully saturated rings. The molecule has 4 aromatic rings. The maximum absolute atomic E-state index is 13.4. The lowest BCUT2D eigenvalue weighted by Crippen LogP contribution is -2.03. The Labute approximate surface area is 151 Å². The van der Waals surface area contributed by atoms with E-state index in [4.69, 9.17) is 4.74 Å². The molecule has 0 atom stereocenters. The minimum Gasteiger partial charge on any atom is -0.472 e. The van der Waals surface area contributed by atoms with E-state index in [0.29, 0.717) is 26.4 Å². The maximum Gasteiger partial charge on any atom is 0.333 e. The summed E-state index contributed by atoms with van der Waals surface area (Å²) in [4.78, 5) is 8.88. The first-order chi connectivity index (χ1) is 12.6. The van der Waals surface area contributed by atoms with Crippen LogP contribution >= 0.6 is 11.8 Å². The number of aromatic nitrogens is 5. The highest BCUT2D eigenvalue weighted by atomic mass is 32.2. The minimum atomic E-state index is -2.76. The van der Waals surface area contributed by atoms with Crippen molar-refractivity contribution in [2.75, 3.05) is 6.26 Å². The van der Waals surface area contributed by atoms with Crippen molar-refractivity contribution in [2.24, 2.45) is 7.05 Å². The molecule has 0 aliphatic carbocycles. The molecule has 0 bridgehead atoms. The zero-order valence-corrected chi connectivity index (χ0v) is 14.9. The summed E-state index contributed by atoms with van der Waals surface area (Å²) in [7, 11) is 1.76. The van der Waals surface area contributed by atoms with Gasteiger partial charge in [0.15, 0.2) is 10.8 Å². The summed E-state index contributed by atoms with van der Waals surface area (Å²) in [5.74, 6) is 0.274. The molecule has 3 heterocycles. The third kappa shape index (κ3) is 2.68. The highest BCUT2D eigenvalue weighted by molar-refractivity contribution is 7.98. The molecule has 0 radical (unpaired) electrons. The van der Waals surface area contributed by atoms with Gasteiger partial charge in [-0.15, -0.1) is 0 Å². The van der Waals surface area contributed by atoms with Crippen molar-refractivity contribution in [1.29, 1.82) is 0 Å². The third-order valence-electron chi connectivity index (χ3n) is 4.11. The molecule has 0 spiro atoms. The average Bonchev–Trinajstić information content (AvgIpc) is 3.20. The van der Waals surface area contributed by atoms with E-state index in [-0.39, 0.29) is 18.0 Å². The second-order valence-corrected chi connectivity index (χ2v) is 6.42. The number of halogens is 2. The maximum atomic E-state index is 13.4. The Balaban J connectivity index is 1.91. The number of fused-ring (bicyclic) bond motifs is 3. The van der Waals surface area contributed by atoms with Gasteiger partial charge < -0.3 is 9.30 Å². The van der Waals surface area contributed by atoms with Crippen LogP contribution in [-0.4, -0.2) is 30.6 Å². The lowest BCUT2D eigenvalue weighted by molar-refractivity contribution is 0.0617. The lowest BCUT2D eigenvalue weighted by Gasteiger charge is -2.09. The predicted octanol–water partition coefficient (Wildman–Crippen LogP) is 4.01. The Hall–Kier alpha value is -2.68. The van der Waals surface area contributed by atoms with Gasteiger partial charge in [0.05, 0.1) is 11.7 Å². The number of thioether (sulfide) groups is 1. The van der Waals surface area contributed by atoms with Crippen LogP contribution in [-0.2, 0) is 13.7 Å². The molecule has 0 aliphatic rings. The Kier molecular flexibility index (Phi) is 4.23. The fourth-order valence-electron chi connectivity index (χ4n) is 2.88. The van der Waals surface area contributed by atoms with Crippen molar-refractivity contribution in [3.63, 3.8) is 0 Å². The number of nitrogens with zero attached hydrogens (tertiary/aromatic N) is 5. The van der Waals surface area contributed by atoms with E-state index >= 15 is 0 Å². The molecule has 0 N–H and O–H groups in total. The normalized spacial score (nSPS) is 11.7. The van der Waals surface area contributed by atoms with Gasteiger partial charge >= 0.3 is 6.55 Å². The Morgan fingerprint density at radius 1 is 1.19 bits per heavy atom. The molecule has 0 saturated carbocycles. The molecule has 0 amide bonds. The van der Waals surface area contributed by atoms with Crippen LogP contribution in [0.3, 0.4) is 0 Å². The summed E-state index contributed by atoms with van der Waals surface area (Å²) in [6.07, 6.45) is 3.26. The van der Waals surface area contributed by atoms with E-state index in [1.165, 1.54) is 18.0 Å². The van der Waals surface area contributed by atoms with Crippen molar-refractivity contribution in [2.45, 2.75) is 18.3 Å². The van der Waals surface area contributed by atoms with E-state index in [2.05, 4.69) is 15.1 Å². The van der Waals surface area contributed by atoms with Crippen LogP contribution in [0, 0.1) is 0 Å². The Bertz CT molecular complexity index is 1080. The highest BCUT2D eigenvalue weighted by Crippen LogP contribution is 2.36. The monoisotopic (exact) mass is 375 g/mol. The number of aryl methyl sites for hydroxylation is 1. The lowest BCUT2D eigenvalue weighted by atomic mass is 10.2. The molecule has 0 saturated heterocycles. The van der Waals surface area contributed by atoms with Crippen LogP contribution in [0.25, 0.3) is 22.1 Å². The van der Waals surface area contributed by atoms with Crippen LogP contribution in [0.2, 0.25) is 0 Å². The SMILES string of the molecule is CSc1nc(OCc2ccccc2)c2c3c(cnn3C(F)F)n(C)c2n1. The highest BCUT2D eigenvalue weighted by Gasteiger charge is 2.24. The van der Waals surface area contributed by atoms with Gasteiger partial charge in [0.2, 0.25) is 5.88 Å². The van der Waals surface area contributed by atoms with Crippen molar-refractivity contribution >= 4 is 33.8 Å². The Morgan fingerprint density at radius 2 is 1.96 bits per heavy atom. The first kappa shape index (κ1) is 16.8. The fourth-order valence-corrected chi connectivity index (χ4v) is 3.24. The molecule has 6 nitrogen and oxygen atoms in total. The fraction of sp³-hybridized carbons (Fsp3) is 0.235. The number of hydrogen-bond acceptors (Lipinski definition) is 5. The second-order valence-electron chi connectivity index (χ2n) is 5.65. The number of hydrogen-bond donors (Lipinski definition) is 0. The van der Waals surface area contributed by atoms with Gasteiger partial charge in [0.25, 0.3) is 0 Å². The number of benzene rings is 1. The number of ether oxygens (including phenoxy) is 1. The molecular formula is C17H15F2N5OS. The van der Waals surface area contributed by atoms with Crippen LogP contribution in [0.15, 0.2) is 41.7 Å². The largest absolute Gasteiger partial charge is 0.472 e. The van der Waals surface area contributed by atoms with Gasteiger partial charge in [0, 0.05) is 7.05 Å². The molecule has 0 aliphatic heterocycles. The summed E-state index contributed by atoms with van der Waals surface area (Å²) in [5, 5.41) is 4.75. The van der Waals surface area contributed by atoms with Crippen molar-refractivity contribution < 1.29 is 13.5 Å². The summed E-state index contributed by atoms with van der Waals surface area (Å²) in [5.41, 5.74) is 2.32. The van der Waals surface area contributed by atoms with Gasteiger partial charge in [-0.05, 0) is 11.8 Å². The minimum absolute atomic E-state index is 0.271. The predicted molar refractivity (Wildman–Crippen MR) is 95.6 cm³/mol. The van der Waals surface area contributed by atoms with Crippen molar-refractivity contribution in [3.8, 4) is 5.88 Å². The van der Waals surface area contributed by atoms with Crippen LogP contribution in [0.1, 0.15) is 12.1 Å². The van der Waals surface area contributed by atoms with Gasteiger partial charge in [-0.2, -0.15) is 18.9 Å². The molecule has 3 aromatic heterocycles. The standard InChI is InChI=1S/C17H15F2N5OS/c1-23-11-8-20-24(16(18)19)13(11)12-14(23)21-17(26-2)22-15(12)25-9-10-6-4-3-5-7-10/h3-8,16H,9H2,1-2H3. The van der Waals surface area contributed by atoms with Crippen LogP contribution < -0.4 is 4.74 Å². The molecular weight excluding hydrogens is 360 g/mol. The molecule has 26 heavy (non-hydrogen) atoms.